The lowest BCUT2D eigenvalue weighted by atomic mass is 10.1. The molecule has 0 atom stereocenters. The molecule has 0 saturated heterocycles. The van der Waals surface area contributed by atoms with E-state index in [4.69, 9.17) is 0 Å². The number of hydrogen-bond donors (Lipinski definition) is 1. The van der Waals surface area contributed by atoms with Gasteiger partial charge >= 0.3 is 0 Å². The minimum Gasteiger partial charge on any atom is -0.302 e. The van der Waals surface area contributed by atoms with Crippen molar-refractivity contribution in [2.45, 2.75) is 26.8 Å². The van der Waals surface area contributed by atoms with Crippen molar-refractivity contribution < 1.29 is 4.79 Å². The summed E-state index contributed by atoms with van der Waals surface area (Å²) in [6.45, 7) is 4.67. The van der Waals surface area contributed by atoms with Gasteiger partial charge < -0.3 is 5.32 Å². The van der Waals surface area contributed by atoms with E-state index < -0.39 is 0 Å². The van der Waals surface area contributed by atoms with Crippen LogP contribution >= 0.6 is 11.3 Å². The number of nitrogens with one attached hydrogen (secondary N) is 1. The molecule has 3 aromatic rings. The van der Waals surface area contributed by atoms with E-state index in [9.17, 15) is 4.79 Å². The van der Waals surface area contributed by atoms with Gasteiger partial charge in [-0.05, 0) is 31.0 Å². The molecular formula is C16H17N5OS. The van der Waals surface area contributed by atoms with Crippen LogP contribution in [0.5, 0.6) is 0 Å². The van der Waals surface area contributed by atoms with Crippen LogP contribution in [0.3, 0.4) is 0 Å². The third kappa shape index (κ3) is 3.81. The zero-order valence-electron chi connectivity index (χ0n) is 13.0. The van der Waals surface area contributed by atoms with Gasteiger partial charge in [-0.15, -0.1) is 11.3 Å². The third-order valence-electron chi connectivity index (χ3n) is 3.59. The maximum Gasteiger partial charge on any atom is 0.228 e. The lowest BCUT2D eigenvalue weighted by molar-refractivity contribution is -0.116. The number of thiazole rings is 1. The lowest BCUT2D eigenvalue weighted by Crippen LogP contribution is -2.14. The highest BCUT2D eigenvalue weighted by molar-refractivity contribution is 7.14. The minimum atomic E-state index is -0.0820. The van der Waals surface area contributed by atoms with Crippen LogP contribution in [-0.2, 0) is 11.3 Å². The predicted molar refractivity (Wildman–Crippen MR) is 90.3 cm³/mol. The van der Waals surface area contributed by atoms with Gasteiger partial charge in [-0.3, -0.25) is 9.48 Å². The van der Waals surface area contributed by atoms with E-state index in [1.165, 1.54) is 28.8 Å². The maximum atomic E-state index is 11.9. The number of amides is 1. The van der Waals surface area contributed by atoms with Crippen molar-refractivity contribution in [1.82, 2.24) is 19.7 Å². The van der Waals surface area contributed by atoms with Crippen LogP contribution in [0.25, 0.3) is 11.3 Å². The van der Waals surface area contributed by atoms with Crippen molar-refractivity contribution >= 4 is 22.4 Å². The Morgan fingerprint density at radius 1 is 1.30 bits per heavy atom. The Kier molecular flexibility index (Phi) is 4.47. The van der Waals surface area contributed by atoms with Crippen LogP contribution < -0.4 is 5.32 Å². The Hall–Kier alpha value is -2.54. The summed E-state index contributed by atoms with van der Waals surface area (Å²) < 4.78 is 1.63. The highest BCUT2D eigenvalue weighted by Gasteiger charge is 2.09. The molecule has 2 heterocycles. The first kappa shape index (κ1) is 15.4. The summed E-state index contributed by atoms with van der Waals surface area (Å²) in [4.78, 5) is 20.3. The lowest BCUT2D eigenvalue weighted by Gasteiger charge is -2.03. The summed E-state index contributed by atoms with van der Waals surface area (Å²) in [6.07, 6.45) is 3.38. The van der Waals surface area contributed by atoms with Crippen LogP contribution in [-0.4, -0.2) is 25.7 Å². The summed E-state index contributed by atoms with van der Waals surface area (Å²) in [5, 5.41) is 9.36. The maximum absolute atomic E-state index is 11.9. The highest BCUT2D eigenvalue weighted by atomic mass is 32.1. The number of benzene rings is 1. The molecule has 6 nitrogen and oxygen atoms in total. The van der Waals surface area contributed by atoms with E-state index in [1.54, 1.807) is 11.0 Å². The molecule has 0 fully saturated rings. The van der Waals surface area contributed by atoms with Crippen molar-refractivity contribution in [1.29, 1.82) is 0 Å². The van der Waals surface area contributed by atoms with E-state index in [-0.39, 0.29) is 5.91 Å². The van der Waals surface area contributed by atoms with Gasteiger partial charge in [0.1, 0.15) is 12.7 Å². The molecule has 0 unspecified atom stereocenters. The van der Waals surface area contributed by atoms with Gasteiger partial charge in [-0.2, -0.15) is 5.10 Å². The van der Waals surface area contributed by atoms with Crippen LogP contribution in [0.4, 0.5) is 5.13 Å². The number of aryl methyl sites for hydroxylation is 3. The third-order valence-corrected chi connectivity index (χ3v) is 4.35. The fourth-order valence-electron chi connectivity index (χ4n) is 2.11. The van der Waals surface area contributed by atoms with E-state index >= 15 is 0 Å². The summed E-state index contributed by atoms with van der Waals surface area (Å²) in [6, 6.07) is 6.24. The van der Waals surface area contributed by atoms with Crippen LogP contribution in [0, 0.1) is 13.8 Å². The monoisotopic (exact) mass is 327 g/mol. The number of hydrogen-bond acceptors (Lipinski definition) is 5. The molecule has 1 N–H and O–H groups in total. The van der Waals surface area contributed by atoms with Gasteiger partial charge in [0.25, 0.3) is 0 Å². The molecule has 1 amide bonds. The molecule has 23 heavy (non-hydrogen) atoms. The Bertz CT molecular complexity index is 810. The van der Waals surface area contributed by atoms with Gasteiger partial charge in [-0.25, -0.2) is 9.97 Å². The fourth-order valence-corrected chi connectivity index (χ4v) is 2.85. The first-order valence-electron chi connectivity index (χ1n) is 7.27. The predicted octanol–water partition coefficient (Wildman–Crippen LogP) is 3.05. The zero-order valence-corrected chi connectivity index (χ0v) is 13.8. The van der Waals surface area contributed by atoms with Gasteiger partial charge in [0.2, 0.25) is 5.91 Å². The Labute approximate surface area is 138 Å². The molecule has 0 saturated carbocycles. The number of carbonyl (C=O) groups is 1. The highest BCUT2D eigenvalue weighted by Crippen LogP contribution is 2.26. The first-order valence-corrected chi connectivity index (χ1v) is 8.15. The smallest absolute Gasteiger partial charge is 0.228 e. The van der Waals surface area contributed by atoms with Gasteiger partial charge in [0.15, 0.2) is 5.13 Å². The molecule has 1 aromatic carbocycles. The molecule has 0 spiro atoms. The molecule has 0 aliphatic heterocycles. The topological polar surface area (TPSA) is 72.7 Å². The second-order valence-electron chi connectivity index (χ2n) is 5.29. The summed E-state index contributed by atoms with van der Waals surface area (Å²) in [5.74, 6) is -0.0820. The van der Waals surface area contributed by atoms with Gasteiger partial charge in [0, 0.05) is 17.4 Å². The normalized spacial score (nSPS) is 10.7. The van der Waals surface area contributed by atoms with Crippen molar-refractivity contribution in [2.24, 2.45) is 0 Å². The Morgan fingerprint density at radius 3 is 2.91 bits per heavy atom. The second kappa shape index (κ2) is 6.70. The average molecular weight is 327 g/mol. The second-order valence-corrected chi connectivity index (χ2v) is 6.15. The molecule has 0 aliphatic carbocycles. The Balaban J connectivity index is 1.62. The number of rotatable bonds is 5. The van der Waals surface area contributed by atoms with Crippen LogP contribution in [0.15, 0.2) is 36.2 Å². The minimum absolute atomic E-state index is 0.0820. The first-order chi connectivity index (χ1) is 11.1. The molecule has 3 rings (SSSR count). The quantitative estimate of drug-likeness (QED) is 0.782. The van der Waals surface area contributed by atoms with Gasteiger partial charge in [-0.1, -0.05) is 12.1 Å². The summed E-state index contributed by atoms with van der Waals surface area (Å²) >= 11 is 1.43. The Morgan fingerprint density at radius 2 is 2.17 bits per heavy atom. The number of aromatic nitrogens is 4. The molecule has 2 aromatic heterocycles. The van der Waals surface area contributed by atoms with Crippen molar-refractivity contribution in [3.8, 4) is 11.3 Å². The molecule has 118 valence electrons. The van der Waals surface area contributed by atoms with Crippen molar-refractivity contribution in [2.75, 3.05) is 5.32 Å². The molecule has 0 radical (unpaired) electrons. The van der Waals surface area contributed by atoms with E-state index in [0.717, 1.165) is 11.3 Å². The average Bonchev–Trinajstić information content (AvgIpc) is 3.19. The van der Waals surface area contributed by atoms with Crippen LogP contribution in [0.1, 0.15) is 17.5 Å². The SMILES string of the molecule is Cc1ccc(-c2csc(NC(=O)CCn3cncn3)n2)cc1C. The van der Waals surface area contributed by atoms with E-state index in [0.29, 0.717) is 18.1 Å². The summed E-state index contributed by atoms with van der Waals surface area (Å²) in [5.41, 5.74) is 4.43. The van der Waals surface area contributed by atoms with E-state index in [2.05, 4.69) is 46.4 Å². The largest absolute Gasteiger partial charge is 0.302 e. The molecular weight excluding hydrogens is 310 g/mol. The van der Waals surface area contributed by atoms with E-state index in [1.807, 2.05) is 11.4 Å². The number of anilines is 1. The molecule has 7 heteroatoms. The van der Waals surface area contributed by atoms with Crippen LogP contribution in [0.2, 0.25) is 0 Å². The summed E-state index contributed by atoms with van der Waals surface area (Å²) in [7, 11) is 0. The van der Waals surface area contributed by atoms with Crippen molar-refractivity contribution in [3.63, 3.8) is 0 Å². The molecule has 0 bridgehead atoms. The zero-order chi connectivity index (χ0) is 16.2. The van der Waals surface area contributed by atoms with Gasteiger partial charge in [0.05, 0.1) is 12.2 Å². The van der Waals surface area contributed by atoms with Crippen molar-refractivity contribution in [3.05, 3.63) is 47.4 Å². The standard InChI is InChI=1S/C16H17N5OS/c1-11-3-4-13(7-12(11)2)14-8-23-16(19-14)20-15(22)5-6-21-10-17-9-18-21/h3-4,7-10H,5-6H2,1-2H3,(H,19,20,22). The number of carbonyl (C=O) groups excluding carboxylic acids is 1. The number of nitrogens with zero attached hydrogens (tertiary/aromatic N) is 4. The molecule has 0 aliphatic rings. The fraction of sp³-hybridized carbons (Fsp3) is 0.250.